The van der Waals surface area contributed by atoms with Gasteiger partial charge >= 0.3 is 0 Å². The highest BCUT2D eigenvalue weighted by Crippen LogP contribution is 2.36. The molecule has 2 amide bonds. The molecule has 2 aliphatic heterocycles. The first-order valence-corrected chi connectivity index (χ1v) is 11.9. The summed E-state index contributed by atoms with van der Waals surface area (Å²) in [5.41, 5.74) is 5.98. The van der Waals surface area contributed by atoms with Crippen LogP contribution in [0, 0.1) is 13.8 Å². The van der Waals surface area contributed by atoms with E-state index in [1.165, 1.54) is 29.8 Å². The Morgan fingerprint density at radius 1 is 0.735 bits per heavy atom. The number of nitrogens with zero attached hydrogens (tertiary/aromatic N) is 2. The average Bonchev–Trinajstić information content (AvgIpc) is 3.11. The zero-order valence-corrected chi connectivity index (χ0v) is 19.7. The lowest BCUT2D eigenvalue weighted by molar-refractivity contribution is -0.120. The molecule has 1 fully saturated rings. The molecule has 5 rings (SSSR count). The molecule has 3 aromatic rings. The molecule has 0 spiro atoms. The van der Waals surface area contributed by atoms with E-state index in [0.29, 0.717) is 17.0 Å². The third-order valence-electron chi connectivity index (χ3n) is 6.82. The fourth-order valence-electron chi connectivity index (χ4n) is 4.77. The molecule has 0 atom stereocenters. The van der Waals surface area contributed by atoms with Crippen molar-refractivity contribution in [2.45, 2.75) is 33.1 Å². The van der Waals surface area contributed by atoms with E-state index in [0.717, 1.165) is 35.5 Å². The van der Waals surface area contributed by atoms with E-state index in [1.54, 1.807) is 0 Å². The molecule has 0 unspecified atom stereocenters. The lowest BCUT2D eigenvalue weighted by atomic mass is 10.0. The molecule has 0 saturated carbocycles. The molecule has 172 valence electrons. The van der Waals surface area contributed by atoms with E-state index in [4.69, 9.17) is 0 Å². The van der Waals surface area contributed by atoms with E-state index in [9.17, 15) is 9.59 Å². The van der Waals surface area contributed by atoms with Gasteiger partial charge in [-0.1, -0.05) is 42.5 Å². The Hall–Kier alpha value is -3.86. The van der Waals surface area contributed by atoms with Crippen molar-refractivity contribution in [3.05, 3.63) is 95.2 Å². The van der Waals surface area contributed by atoms with Crippen molar-refractivity contribution in [1.82, 2.24) is 0 Å². The molecular formula is C29H29N3O2. The molecule has 0 aromatic heterocycles. The van der Waals surface area contributed by atoms with Gasteiger partial charge in [0.1, 0.15) is 5.70 Å². The van der Waals surface area contributed by atoms with Gasteiger partial charge in [0.05, 0.1) is 11.3 Å². The van der Waals surface area contributed by atoms with Crippen molar-refractivity contribution in [3.63, 3.8) is 0 Å². The van der Waals surface area contributed by atoms with Gasteiger partial charge in [-0.2, -0.15) is 0 Å². The Morgan fingerprint density at radius 3 is 2.15 bits per heavy atom. The second-order valence-electron chi connectivity index (χ2n) is 9.00. The number of anilines is 3. The number of nitrogens with one attached hydrogen (secondary N) is 1. The van der Waals surface area contributed by atoms with Gasteiger partial charge in [0, 0.05) is 24.5 Å². The number of carbonyl (C=O) groups excluding carboxylic acids is 2. The first kappa shape index (κ1) is 22.0. The van der Waals surface area contributed by atoms with Crippen LogP contribution in [0.1, 0.15) is 36.0 Å². The Morgan fingerprint density at radius 2 is 1.44 bits per heavy atom. The quantitative estimate of drug-likeness (QED) is 0.506. The van der Waals surface area contributed by atoms with Crippen molar-refractivity contribution in [3.8, 4) is 0 Å². The topological polar surface area (TPSA) is 52.7 Å². The van der Waals surface area contributed by atoms with Crippen molar-refractivity contribution in [1.29, 1.82) is 0 Å². The summed E-state index contributed by atoms with van der Waals surface area (Å²) in [6, 6.07) is 23.2. The summed E-state index contributed by atoms with van der Waals surface area (Å²) in [4.78, 5) is 31.0. The number of aryl methyl sites for hydroxylation is 1. The molecule has 1 saturated heterocycles. The number of carbonyl (C=O) groups is 2. The second-order valence-corrected chi connectivity index (χ2v) is 9.00. The molecular weight excluding hydrogens is 422 g/mol. The number of hydrogen-bond donors (Lipinski definition) is 1. The van der Waals surface area contributed by atoms with Crippen LogP contribution < -0.4 is 15.1 Å². The standard InChI is InChI=1S/C29H29N3O2/c1-20-10-9-13-25(21(20)2)32-28(33)26(22-11-5-3-6-12-22)27(29(32)34)30-23-14-16-24(17-15-23)31-18-7-4-8-19-31/h3,5-6,9-17,30H,4,7-8,18-19H2,1-2H3. The van der Waals surface area contributed by atoms with Crippen molar-refractivity contribution >= 4 is 34.4 Å². The predicted octanol–water partition coefficient (Wildman–Crippen LogP) is 5.69. The highest BCUT2D eigenvalue weighted by Gasteiger charge is 2.40. The van der Waals surface area contributed by atoms with Gasteiger partial charge in [0.25, 0.3) is 11.8 Å². The fraction of sp³-hybridized carbons (Fsp3) is 0.241. The molecule has 34 heavy (non-hydrogen) atoms. The molecule has 2 heterocycles. The zero-order valence-electron chi connectivity index (χ0n) is 19.7. The summed E-state index contributed by atoms with van der Waals surface area (Å²) >= 11 is 0. The number of piperidine rings is 1. The second kappa shape index (κ2) is 9.18. The van der Waals surface area contributed by atoms with E-state index in [-0.39, 0.29) is 11.8 Å². The van der Waals surface area contributed by atoms with Crippen molar-refractivity contribution in [2.75, 3.05) is 28.2 Å². The van der Waals surface area contributed by atoms with Crippen LogP contribution in [0.5, 0.6) is 0 Å². The summed E-state index contributed by atoms with van der Waals surface area (Å²) in [6.45, 7) is 6.08. The number of amides is 2. The van der Waals surface area contributed by atoms with Gasteiger partial charge < -0.3 is 10.2 Å². The monoisotopic (exact) mass is 451 g/mol. The maximum atomic E-state index is 13.7. The summed E-state index contributed by atoms with van der Waals surface area (Å²) in [6.07, 6.45) is 3.73. The predicted molar refractivity (Wildman–Crippen MR) is 138 cm³/mol. The number of rotatable bonds is 5. The highest BCUT2D eigenvalue weighted by atomic mass is 16.2. The lowest BCUT2D eigenvalue weighted by Gasteiger charge is -2.28. The Bertz CT molecular complexity index is 1260. The average molecular weight is 452 g/mol. The van der Waals surface area contributed by atoms with Crippen LogP contribution in [0.15, 0.2) is 78.5 Å². The van der Waals surface area contributed by atoms with E-state index in [2.05, 4.69) is 22.3 Å². The van der Waals surface area contributed by atoms with E-state index in [1.807, 2.05) is 74.5 Å². The molecule has 0 aliphatic carbocycles. The minimum absolute atomic E-state index is 0.308. The molecule has 1 N–H and O–H groups in total. The summed E-state index contributed by atoms with van der Waals surface area (Å²) in [5.74, 6) is -0.644. The summed E-state index contributed by atoms with van der Waals surface area (Å²) in [5, 5.41) is 3.28. The molecule has 0 radical (unpaired) electrons. The largest absolute Gasteiger partial charge is 0.372 e. The first-order valence-electron chi connectivity index (χ1n) is 11.9. The normalized spacial score (nSPS) is 16.4. The van der Waals surface area contributed by atoms with Gasteiger partial charge in [0.15, 0.2) is 0 Å². The van der Waals surface area contributed by atoms with Crippen molar-refractivity contribution in [2.24, 2.45) is 0 Å². The minimum atomic E-state index is -0.335. The van der Waals surface area contributed by atoms with Crippen molar-refractivity contribution < 1.29 is 9.59 Å². The van der Waals surface area contributed by atoms with Crippen LogP contribution in [0.2, 0.25) is 0 Å². The maximum Gasteiger partial charge on any atom is 0.282 e. The number of benzene rings is 3. The Labute approximate surface area is 200 Å². The number of imide groups is 1. The van der Waals surface area contributed by atoms with Crippen LogP contribution in [0.25, 0.3) is 5.57 Å². The molecule has 5 heteroatoms. The molecule has 0 bridgehead atoms. The third-order valence-corrected chi connectivity index (χ3v) is 6.82. The SMILES string of the molecule is Cc1cccc(N2C(=O)C(Nc3ccc(N4CCCCC4)cc3)=C(c3ccccc3)C2=O)c1C. The van der Waals surface area contributed by atoms with Gasteiger partial charge in [-0.3, -0.25) is 9.59 Å². The van der Waals surface area contributed by atoms with Crippen LogP contribution in [-0.2, 0) is 9.59 Å². The maximum absolute atomic E-state index is 13.7. The fourth-order valence-corrected chi connectivity index (χ4v) is 4.77. The zero-order chi connectivity index (χ0) is 23.7. The van der Waals surface area contributed by atoms with Gasteiger partial charge in [0.2, 0.25) is 0 Å². The van der Waals surface area contributed by atoms with Gasteiger partial charge in [-0.15, -0.1) is 0 Å². The van der Waals surface area contributed by atoms with E-state index >= 15 is 0 Å². The van der Waals surface area contributed by atoms with Crippen LogP contribution in [-0.4, -0.2) is 24.9 Å². The summed E-state index contributed by atoms with van der Waals surface area (Å²) in [7, 11) is 0. The Balaban J connectivity index is 1.51. The van der Waals surface area contributed by atoms with Crippen LogP contribution in [0.4, 0.5) is 17.1 Å². The number of hydrogen-bond acceptors (Lipinski definition) is 4. The highest BCUT2D eigenvalue weighted by molar-refractivity contribution is 6.46. The van der Waals surface area contributed by atoms with Gasteiger partial charge in [-0.25, -0.2) is 4.90 Å². The smallest absolute Gasteiger partial charge is 0.282 e. The van der Waals surface area contributed by atoms with Crippen LogP contribution >= 0.6 is 0 Å². The molecule has 5 nitrogen and oxygen atoms in total. The first-order chi connectivity index (χ1) is 16.5. The van der Waals surface area contributed by atoms with Gasteiger partial charge in [-0.05, 0) is 80.1 Å². The van der Waals surface area contributed by atoms with E-state index < -0.39 is 0 Å². The summed E-state index contributed by atoms with van der Waals surface area (Å²) < 4.78 is 0. The minimum Gasteiger partial charge on any atom is -0.372 e. The third kappa shape index (κ3) is 3.98. The molecule has 3 aromatic carbocycles. The molecule has 2 aliphatic rings. The Kier molecular flexibility index (Phi) is 5.93. The lowest BCUT2D eigenvalue weighted by Crippen LogP contribution is -2.33. The van der Waals surface area contributed by atoms with Crippen LogP contribution in [0.3, 0.4) is 0 Å².